The van der Waals surface area contributed by atoms with Crippen molar-refractivity contribution in [3.05, 3.63) is 65.3 Å². The maximum absolute atomic E-state index is 13.8. The number of hydrogen-bond donors (Lipinski definition) is 2. The monoisotopic (exact) mass is 424 g/mol. The Hall–Kier alpha value is -3.59. The van der Waals surface area contributed by atoms with Gasteiger partial charge in [0.15, 0.2) is 17.4 Å². The number of hydrogen-bond acceptors (Lipinski definition) is 5. The molecule has 0 unspecified atom stereocenters. The molecule has 1 atom stereocenters. The molecule has 1 saturated heterocycles. The van der Waals surface area contributed by atoms with Gasteiger partial charge in [0.25, 0.3) is 0 Å². The lowest BCUT2D eigenvalue weighted by Crippen LogP contribution is -2.28. The summed E-state index contributed by atoms with van der Waals surface area (Å²) in [6.45, 7) is 1.52. The van der Waals surface area contributed by atoms with Crippen molar-refractivity contribution in [2.45, 2.75) is 32.4 Å². The first-order valence-corrected chi connectivity index (χ1v) is 9.79. The van der Waals surface area contributed by atoms with Crippen LogP contribution in [0.4, 0.5) is 14.5 Å². The van der Waals surface area contributed by atoms with Gasteiger partial charge in [-0.1, -0.05) is 11.2 Å². The predicted molar refractivity (Wildman–Crippen MR) is 108 cm³/mol. The number of aliphatic hydroxyl groups is 1. The van der Waals surface area contributed by atoms with E-state index in [1.165, 1.54) is 11.0 Å². The third-order valence-corrected chi connectivity index (χ3v) is 5.58. The van der Waals surface area contributed by atoms with E-state index in [0.717, 1.165) is 23.2 Å². The second-order valence-corrected chi connectivity index (χ2v) is 7.49. The average molecular weight is 424 g/mol. The van der Waals surface area contributed by atoms with Crippen molar-refractivity contribution < 1.29 is 23.2 Å². The molecule has 5 rings (SSSR count). The van der Waals surface area contributed by atoms with Gasteiger partial charge in [0.2, 0.25) is 5.91 Å². The van der Waals surface area contributed by atoms with E-state index < -0.39 is 17.7 Å². The molecular weight excluding hydrogens is 406 g/mol. The molecule has 2 aromatic carbocycles. The van der Waals surface area contributed by atoms with Crippen LogP contribution in [0.5, 0.6) is 0 Å². The van der Waals surface area contributed by atoms with Gasteiger partial charge in [0.05, 0.1) is 28.3 Å². The van der Waals surface area contributed by atoms with Gasteiger partial charge in [-0.2, -0.15) is 0 Å². The smallest absolute Gasteiger partial charge is 0.227 e. The van der Waals surface area contributed by atoms with Crippen LogP contribution in [0, 0.1) is 18.6 Å². The van der Waals surface area contributed by atoms with Crippen LogP contribution in [0.1, 0.15) is 36.2 Å². The Morgan fingerprint density at radius 2 is 2.06 bits per heavy atom. The van der Waals surface area contributed by atoms with Gasteiger partial charge >= 0.3 is 0 Å². The fourth-order valence-corrected chi connectivity index (χ4v) is 4.13. The molecule has 4 aromatic rings. The molecule has 2 aromatic heterocycles. The zero-order chi connectivity index (χ0) is 21.7. The molecule has 0 spiro atoms. The summed E-state index contributed by atoms with van der Waals surface area (Å²) in [5, 5.41) is 13.4. The molecule has 1 aliphatic rings. The van der Waals surface area contributed by atoms with E-state index in [2.05, 4.69) is 15.1 Å². The summed E-state index contributed by atoms with van der Waals surface area (Å²) in [5.41, 5.74) is 3.90. The van der Waals surface area contributed by atoms with E-state index in [-0.39, 0.29) is 18.9 Å². The van der Waals surface area contributed by atoms with Gasteiger partial charge in [-0.3, -0.25) is 4.79 Å². The summed E-state index contributed by atoms with van der Waals surface area (Å²) in [4.78, 5) is 21.9. The van der Waals surface area contributed by atoms with Crippen molar-refractivity contribution in [2.24, 2.45) is 0 Å². The number of aliphatic hydroxyl groups excluding tert-OH is 1. The van der Waals surface area contributed by atoms with Crippen LogP contribution < -0.4 is 4.90 Å². The minimum Gasteiger partial charge on any atom is -0.388 e. The van der Waals surface area contributed by atoms with Crippen molar-refractivity contribution >= 4 is 22.6 Å². The molecule has 158 valence electrons. The highest BCUT2D eigenvalue weighted by Gasteiger charge is 2.35. The Morgan fingerprint density at radius 3 is 2.84 bits per heavy atom. The van der Waals surface area contributed by atoms with Crippen molar-refractivity contribution in [3.8, 4) is 11.1 Å². The van der Waals surface area contributed by atoms with Gasteiger partial charge < -0.3 is 19.5 Å². The average Bonchev–Trinajstić information content (AvgIpc) is 3.45. The summed E-state index contributed by atoms with van der Waals surface area (Å²) < 4.78 is 32.3. The van der Waals surface area contributed by atoms with Gasteiger partial charge in [-0.05, 0) is 43.2 Å². The Kier molecular flexibility index (Phi) is 4.55. The molecule has 1 fully saturated rings. The second kappa shape index (κ2) is 7.28. The fourth-order valence-electron chi connectivity index (χ4n) is 4.13. The number of fused-ring (bicyclic) bond motifs is 1. The highest BCUT2D eigenvalue weighted by Crippen LogP contribution is 2.37. The molecule has 3 heterocycles. The number of aryl methyl sites for hydroxylation is 1. The zero-order valence-corrected chi connectivity index (χ0v) is 16.5. The molecule has 31 heavy (non-hydrogen) atoms. The number of carbonyl (C=O) groups is 1. The van der Waals surface area contributed by atoms with Crippen molar-refractivity contribution in [1.82, 2.24) is 15.1 Å². The minimum atomic E-state index is -1.01. The summed E-state index contributed by atoms with van der Waals surface area (Å²) in [7, 11) is 0. The molecule has 7 nitrogen and oxygen atoms in total. The van der Waals surface area contributed by atoms with Crippen LogP contribution in [0.3, 0.4) is 0 Å². The molecular formula is C22H18F2N4O3. The lowest BCUT2D eigenvalue weighted by Gasteiger charge is -2.23. The number of aromatic nitrogens is 3. The number of halogens is 2. The van der Waals surface area contributed by atoms with Gasteiger partial charge in [0, 0.05) is 18.2 Å². The van der Waals surface area contributed by atoms with E-state index in [9.17, 15) is 18.7 Å². The third kappa shape index (κ3) is 3.17. The topological polar surface area (TPSA) is 95.2 Å². The Labute approximate surface area is 175 Å². The van der Waals surface area contributed by atoms with Gasteiger partial charge in [-0.25, -0.2) is 13.8 Å². The summed E-state index contributed by atoms with van der Waals surface area (Å²) in [6, 6.07) is 8.59. The SMILES string of the molecule is Cc1noc(CO)c1-c1ccc2[nH]c([C@@H]3CCC(=O)N3c3ccc(F)c(F)c3)nc2c1. The first kappa shape index (κ1) is 19.4. The van der Waals surface area contributed by atoms with Crippen molar-refractivity contribution in [1.29, 1.82) is 0 Å². The van der Waals surface area contributed by atoms with Gasteiger partial charge in [-0.15, -0.1) is 0 Å². The number of amides is 1. The molecule has 9 heteroatoms. The normalized spacial score (nSPS) is 16.6. The first-order chi connectivity index (χ1) is 15.0. The minimum absolute atomic E-state index is 0.176. The molecule has 1 aliphatic heterocycles. The maximum atomic E-state index is 13.8. The number of benzene rings is 2. The Balaban J connectivity index is 1.54. The number of nitrogens with zero attached hydrogens (tertiary/aromatic N) is 3. The van der Waals surface area contributed by atoms with Crippen LogP contribution in [-0.4, -0.2) is 26.1 Å². The molecule has 1 amide bonds. The number of imidazole rings is 1. The van der Waals surface area contributed by atoms with E-state index in [1.807, 2.05) is 18.2 Å². The number of anilines is 1. The lowest BCUT2D eigenvalue weighted by molar-refractivity contribution is -0.117. The van der Waals surface area contributed by atoms with E-state index in [0.29, 0.717) is 40.5 Å². The zero-order valence-electron chi connectivity index (χ0n) is 16.5. The quantitative estimate of drug-likeness (QED) is 0.513. The van der Waals surface area contributed by atoms with Crippen LogP contribution in [0.15, 0.2) is 40.9 Å². The number of carbonyl (C=O) groups excluding carboxylic acids is 1. The number of aromatic amines is 1. The standard InChI is InChI=1S/C22H18F2N4O3/c1-11-21(19(10-29)31-27-11)12-2-5-16-17(8-12)26-22(25-16)18-6-7-20(30)28(18)13-3-4-14(23)15(24)9-13/h2-5,8-9,18,29H,6-7,10H2,1H3,(H,25,26)/t18-/m0/s1. The summed E-state index contributed by atoms with van der Waals surface area (Å²) in [6.07, 6.45) is 0.787. The van der Waals surface area contributed by atoms with Crippen molar-refractivity contribution in [3.63, 3.8) is 0 Å². The largest absolute Gasteiger partial charge is 0.388 e. The van der Waals surface area contributed by atoms with Crippen LogP contribution in [-0.2, 0) is 11.4 Å². The molecule has 2 N–H and O–H groups in total. The summed E-state index contributed by atoms with van der Waals surface area (Å²) in [5.74, 6) is -1.21. The lowest BCUT2D eigenvalue weighted by atomic mass is 10.0. The van der Waals surface area contributed by atoms with Gasteiger partial charge in [0.1, 0.15) is 12.4 Å². The number of rotatable bonds is 4. The van der Waals surface area contributed by atoms with E-state index in [1.54, 1.807) is 6.92 Å². The van der Waals surface area contributed by atoms with E-state index >= 15 is 0 Å². The second-order valence-electron chi connectivity index (χ2n) is 7.49. The van der Waals surface area contributed by atoms with Crippen molar-refractivity contribution in [2.75, 3.05) is 4.90 Å². The highest BCUT2D eigenvalue weighted by molar-refractivity contribution is 5.96. The molecule has 0 radical (unpaired) electrons. The highest BCUT2D eigenvalue weighted by atomic mass is 19.2. The van der Waals surface area contributed by atoms with Crippen LogP contribution in [0.25, 0.3) is 22.2 Å². The molecule has 0 aliphatic carbocycles. The maximum Gasteiger partial charge on any atom is 0.227 e. The third-order valence-electron chi connectivity index (χ3n) is 5.58. The van der Waals surface area contributed by atoms with Crippen LogP contribution in [0.2, 0.25) is 0 Å². The summed E-state index contributed by atoms with van der Waals surface area (Å²) >= 11 is 0. The number of nitrogens with one attached hydrogen (secondary N) is 1. The van der Waals surface area contributed by atoms with Crippen LogP contribution >= 0.6 is 0 Å². The number of H-pyrrole nitrogens is 1. The predicted octanol–water partition coefficient (Wildman–Crippen LogP) is 4.16. The van der Waals surface area contributed by atoms with E-state index in [4.69, 9.17) is 4.52 Å². The first-order valence-electron chi connectivity index (χ1n) is 9.79. The Bertz CT molecular complexity index is 1310. The Morgan fingerprint density at radius 1 is 1.23 bits per heavy atom. The fraction of sp³-hybridized carbons (Fsp3) is 0.227. The molecule has 0 bridgehead atoms. The molecule has 0 saturated carbocycles.